The van der Waals surface area contributed by atoms with Crippen molar-refractivity contribution in [2.45, 2.75) is 25.8 Å². The molecule has 18 heavy (non-hydrogen) atoms. The van der Waals surface area contributed by atoms with Crippen LogP contribution in [-0.4, -0.2) is 25.2 Å². The maximum atomic E-state index is 10.7. The van der Waals surface area contributed by atoms with Crippen LogP contribution in [0.1, 0.15) is 31.4 Å². The van der Waals surface area contributed by atoms with Crippen molar-refractivity contribution in [3.05, 3.63) is 39.9 Å². The fourth-order valence-corrected chi connectivity index (χ4v) is 1.72. The zero-order chi connectivity index (χ0) is 13.4. The van der Waals surface area contributed by atoms with E-state index in [0.717, 1.165) is 31.6 Å². The highest BCUT2D eigenvalue weighted by Gasteiger charge is 2.09. The largest absolute Gasteiger partial charge is 0.385 e. The van der Waals surface area contributed by atoms with Gasteiger partial charge in [-0.2, -0.15) is 0 Å². The Morgan fingerprint density at radius 2 is 2.22 bits per heavy atom. The van der Waals surface area contributed by atoms with Crippen molar-refractivity contribution in [3.8, 4) is 0 Å². The van der Waals surface area contributed by atoms with Gasteiger partial charge in [-0.3, -0.25) is 10.1 Å². The molecule has 1 N–H and O–H groups in total. The molecule has 1 aromatic rings. The molecule has 1 unspecified atom stereocenters. The highest BCUT2D eigenvalue weighted by atomic mass is 16.6. The summed E-state index contributed by atoms with van der Waals surface area (Å²) in [5, 5.41) is 14.0. The zero-order valence-electron chi connectivity index (χ0n) is 10.9. The number of nitro benzene ring substituents is 1. The van der Waals surface area contributed by atoms with Gasteiger partial charge in [0.05, 0.1) is 4.92 Å². The van der Waals surface area contributed by atoms with Crippen LogP contribution >= 0.6 is 0 Å². The summed E-state index contributed by atoms with van der Waals surface area (Å²) in [6.07, 6.45) is 2.05. The van der Waals surface area contributed by atoms with Crippen molar-refractivity contribution in [2.24, 2.45) is 0 Å². The van der Waals surface area contributed by atoms with Gasteiger partial charge < -0.3 is 10.1 Å². The number of methoxy groups -OCH3 is 1. The summed E-state index contributed by atoms with van der Waals surface area (Å²) in [6, 6.07) is 6.87. The van der Waals surface area contributed by atoms with Crippen LogP contribution in [0.3, 0.4) is 0 Å². The molecular weight excluding hydrogens is 232 g/mol. The topological polar surface area (TPSA) is 64.4 Å². The molecule has 0 spiro atoms. The van der Waals surface area contributed by atoms with E-state index in [9.17, 15) is 10.1 Å². The minimum Gasteiger partial charge on any atom is -0.385 e. The Hall–Kier alpha value is -1.46. The van der Waals surface area contributed by atoms with Crippen molar-refractivity contribution >= 4 is 5.69 Å². The van der Waals surface area contributed by atoms with Crippen LogP contribution < -0.4 is 5.32 Å². The minimum absolute atomic E-state index is 0.118. The Kier molecular flexibility index (Phi) is 6.32. The van der Waals surface area contributed by atoms with Crippen LogP contribution in [0.5, 0.6) is 0 Å². The second-order valence-corrected chi connectivity index (χ2v) is 4.23. The van der Waals surface area contributed by atoms with Gasteiger partial charge in [-0.15, -0.1) is 0 Å². The molecule has 0 aliphatic carbocycles. The first-order valence-corrected chi connectivity index (χ1v) is 6.12. The number of non-ortho nitro benzene ring substituents is 1. The molecule has 1 rings (SSSR count). The molecule has 0 saturated heterocycles. The van der Waals surface area contributed by atoms with Gasteiger partial charge in [-0.1, -0.05) is 12.1 Å². The SMILES string of the molecule is COCCCCNC(C)c1cccc([N+](=O)[O-])c1. The maximum absolute atomic E-state index is 10.7. The van der Waals surface area contributed by atoms with Gasteiger partial charge in [0.25, 0.3) is 5.69 Å². The van der Waals surface area contributed by atoms with Gasteiger partial charge in [0.1, 0.15) is 0 Å². The fraction of sp³-hybridized carbons (Fsp3) is 0.538. The van der Waals surface area contributed by atoms with Gasteiger partial charge in [0.2, 0.25) is 0 Å². The summed E-state index contributed by atoms with van der Waals surface area (Å²) < 4.78 is 4.97. The predicted molar refractivity (Wildman–Crippen MR) is 70.6 cm³/mol. The molecule has 1 aromatic carbocycles. The van der Waals surface area contributed by atoms with E-state index in [1.165, 1.54) is 6.07 Å². The van der Waals surface area contributed by atoms with E-state index in [-0.39, 0.29) is 16.7 Å². The van der Waals surface area contributed by atoms with Crippen molar-refractivity contribution in [2.75, 3.05) is 20.3 Å². The third-order valence-corrected chi connectivity index (χ3v) is 2.81. The van der Waals surface area contributed by atoms with E-state index in [0.29, 0.717) is 0 Å². The van der Waals surface area contributed by atoms with Gasteiger partial charge in [0.15, 0.2) is 0 Å². The highest BCUT2D eigenvalue weighted by molar-refractivity contribution is 5.35. The average Bonchev–Trinajstić information content (AvgIpc) is 2.38. The number of hydrogen-bond acceptors (Lipinski definition) is 4. The second kappa shape index (κ2) is 7.79. The first kappa shape index (κ1) is 14.6. The van der Waals surface area contributed by atoms with E-state index in [1.54, 1.807) is 19.2 Å². The molecule has 0 amide bonds. The minimum atomic E-state index is -0.366. The number of nitrogens with one attached hydrogen (secondary N) is 1. The Labute approximate surface area is 107 Å². The van der Waals surface area contributed by atoms with Crippen molar-refractivity contribution in [1.29, 1.82) is 0 Å². The molecular formula is C13H20N2O3. The lowest BCUT2D eigenvalue weighted by molar-refractivity contribution is -0.384. The molecule has 0 aliphatic rings. The number of nitrogens with zero attached hydrogens (tertiary/aromatic N) is 1. The van der Waals surface area contributed by atoms with Gasteiger partial charge in [0, 0.05) is 31.9 Å². The first-order valence-electron chi connectivity index (χ1n) is 6.12. The number of rotatable bonds is 8. The van der Waals surface area contributed by atoms with Crippen LogP contribution in [0.15, 0.2) is 24.3 Å². The Bertz CT molecular complexity index is 382. The summed E-state index contributed by atoms with van der Waals surface area (Å²) in [4.78, 5) is 10.3. The van der Waals surface area contributed by atoms with Crippen LogP contribution in [0, 0.1) is 10.1 Å². The van der Waals surface area contributed by atoms with Crippen LogP contribution in [0.25, 0.3) is 0 Å². The smallest absolute Gasteiger partial charge is 0.269 e. The highest BCUT2D eigenvalue weighted by Crippen LogP contribution is 2.18. The number of ether oxygens (including phenoxy) is 1. The van der Waals surface area contributed by atoms with Crippen LogP contribution in [0.4, 0.5) is 5.69 Å². The maximum Gasteiger partial charge on any atom is 0.269 e. The first-order chi connectivity index (χ1) is 8.65. The standard InChI is InChI=1S/C13H20N2O3/c1-11(14-8-3-4-9-18-2)12-6-5-7-13(10-12)15(16)17/h5-7,10-11,14H,3-4,8-9H2,1-2H3. The monoisotopic (exact) mass is 252 g/mol. The summed E-state index contributed by atoms with van der Waals surface area (Å²) in [5.41, 5.74) is 1.08. The van der Waals surface area contributed by atoms with Gasteiger partial charge in [-0.05, 0) is 31.9 Å². The van der Waals surface area contributed by atoms with E-state index >= 15 is 0 Å². The molecule has 5 heteroatoms. The fourth-order valence-electron chi connectivity index (χ4n) is 1.72. The number of unbranched alkanes of at least 4 members (excludes halogenated alkanes) is 1. The summed E-state index contributed by atoms with van der Waals surface area (Å²) in [7, 11) is 1.69. The Balaban J connectivity index is 2.43. The summed E-state index contributed by atoms with van der Waals surface area (Å²) in [5.74, 6) is 0. The second-order valence-electron chi connectivity index (χ2n) is 4.23. The summed E-state index contributed by atoms with van der Waals surface area (Å²) >= 11 is 0. The average molecular weight is 252 g/mol. The van der Waals surface area contributed by atoms with Crippen molar-refractivity contribution in [3.63, 3.8) is 0 Å². The molecule has 1 atom stereocenters. The molecule has 0 radical (unpaired) electrons. The number of hydrogen-bond donors (Lipinski definition) is 1. The zero-order valence-corrected chi connectivity index (χ0v) is 10.9. The van der Waals surface area contributed by atoms with Crippen LogP contribution in [-0.2, 0) is 4.74 Å². The third kappa shape index (κ3) is 4.81. The third-order valence-electron chi connectivity index (χ3n) is 2.81. The normalized spacial score (nSPS) is 12.3. The number of nitro groups is 1. The molecule has 0 bridgehead atoms. The lowest BCUT2D eigenvalue weighted by Crippen LogP contribution is -2.20. The number of benzene rings is 1. The lowest BCUT2D eigenvalue weighted by Gasteiger charge is -2.13. The molecule has 0 aliphatic heterocycles. The van der Waals surface area contributed by atoms with Crippen molar-refractivity contribution in [1.82, 2.24) is 5.32 Å². The van der Waals surface area contributed by atoms with Crippen molar-refractivity contribution < 1.29 is 9.66 Å². The molecule has 0 saturated carbocycles. The molecule has 0 fully saturated rings. The Morgan fingerprint density at radius 1 is 1.44 bits per heavy atom. The summed E-state index contributed by atoms with van der Waals surface area (Å²) in [6.45, 7) is 3.66. The molecule has 100 valence electrons. The van der Waals surface area contributed by atoms with Crippen LogP contribution in [0.2, 0.25) is 0 Å². The van der Waals surface area contributed by atoms with E-state index < -0.39 is 0 Å². The van der Waals surface area contributed by atoms with Gasteiger partial charge in [-0.25, -0.2) is 0 Å². The van der Waals surface area contributed by atoms with Gasteiger partial charge >= 0.3 is 0 Å². The predicted octanol–water partition coefficient (Wildman–Crippen LogP) is 2.67. The molecule has 5 nitrogen and oxygen atoms in total. The lowest BCUT2D eigenvalue weighted by atomic mass is 10.1. The quantitative estimate of drug-likeness (QED) is 0.439. The van der Waals surface area contributed by atoms with E-state index in [1.807, 2.05) is 13.0 Å². The van der Waals surface area contributed by atoms with E-state index in [2.05, 4.69) is 5.32 Å². The molecule has 0 aromatic heterocycles. The molecule has 0 heterocycles. The van der Waals surface area contributed by atoms with E-state index in [4.69, 9.17) is 4.74 Å². The Morgan fingerprint density at radius 3 is 2.89 bits per heavy atom.